The highest BCUT2D eigenvalue weighted by Crippen LogP contribution is 2.48. The summed E-state index contributed by atoms with van der Waals surface area (Å²) in [6.07, 6.45) is 3.63. The van der Waals surface area contributed by atoms with Crippen LogP contribution in [-0.4, -0.2) is 97.2 Å². The summed E-state index contributed by atoms with van der Waals surface area (Å²) >= 11 is 0. The topological polar surface area (TPSA) is 215 Å². The SMILES string of the molecule is C=CC(=O)OCC(O)COC(=O)C(C)(CC(C)(C)C(=O)OCC(COC(=O)C=C)OC(=O)C1CC=CCC1C(=O)O)CC(C)(CC(CC)c1ccccc1)C(=O)OCCC. The van der Waals surface area contributed by atoms with Gasteiger partial charge in [-0.15, -0.1) is 0 Å². The van der Waals surface area contributed by atoms with Gasteiger partial charge in [0.15, 0.2) is 6.10 Å². The van der Waals surface area contributed by atoms with E-state index in [1.807, 2.05) is 44.2 Å². The first-order chi connectivity index (χ1) is 28.2. The molecule has 0 aromatic heterocycles. The molecule has 15 nitrogen and oxygen atoms in total. The molecular weight excluding hydrogens is 780 g/mol. The van der Waals surface area contributed by atoms with Gasteiger partial charge in [-0.2, -0.15) is 0 Å². The first-order valence-electron chi connectivity index (χ1n) is 20.2. The van der Waals surface area contributed by atoms with Gasteiger partial charge >= 0.3 is 41.8 Å². The maximum absolute atomic E-state index is 14.3. The number of carboxylic acid groups (broad SMARTS) is 1. The number of esters is 6. The summed E-state index contributed by atoms with van der Waals surface area (Å²) in [5.41, 5.74) is -3.46. The van der Waals surface area contributed by atoms with Crippen LogP contribution >= 0.6 is 0 Å². The average Bonchev–Trinajstić information content (AvgIpc) is 3.23. The van der Waals surface area contributed by atoms with E-state index in [0.717, 1.165) is 17.7 Å². The standard InChI is InChI=1S/C45H62O15/c1-9-22-55-41(53)44(7,23-30(10-2)31-18-14-13-15-19-31)29-45(8,42(54)58-25-32(46)24-56-36(47)11-3)28-43(5,6)40(52)59-27-33(26-57-37(48)12-4)60-39(51)35-21-17-16-20-34(35)38(49)50/h11-19,30,32-35,46H,3-4,9-10,20-29H2,1-2,5-8H3,(H,49,50). The predicted octanol–water partition coefficient (Wildman–Crippen LogP) is 5.83. The van der Waals surface area contributed by atoms with E-state index in [0.29, 0.717) is 12.8 Å². The van der Waals surface area contributed by atoms with Crippen LogP contribution in [0.2, 0.25) is 0 Å². The van der Waals surface area contributed by atoms with Gasteiger partial charge in [-0.25, -0.2) is 9.59 Å². The lowest BCUT2D eigenvalue weighted by Gasteiger charge is -2.41. The summed E-state index contributed by atoms with van der Waals surface area (Å²) in [6.45, 7) is 14.7. The van der Waals surface area contributed by atoms with Gasteiger partial charge < -0.3 is 38.6 Å². The minimum Gasteiger partial charge on any atom is -0.481 e. The highest BCUT2D eigenvalue weighted by atomic mass is 16.6. The number of allylic oxidation sites excluding steroid dienone is 2. The molecule has 332 valence electrons. The molecule has 60 heavy (non-hydrogen) atoms. The Bertz CT molecular complexity index is 1680. The number of aliphatic carboxylic acids is 1. The van der Waals surface area contributed by atoms with Gasteiger partial charge in [-0.05, 0) is 84.1 Å². The molecule has 0 spiro atoms. The number of hydrogen-bond donors (Lipinski definition) is 2. The predicted molar refractivity (Wildman–Crippen MR) is 218 cm³/mol. The Labute approximate surface area is 352 Å². The van der Waals surface area contributed by atoms with E-state index in [1.54, 1.807) is 26.0 Å². The van der Waals surface area contributed by atoms with Gasteiger partial charge in [-0.3, -0.25) is 24.0 Å². The number of ether oxygens (including phenoxy) is 6. The molecule has 0 bridgehead atoms. The molecular formula is C45H62O15. The smallest absolute Gasteiger partial charge is 0.330 e. The second-order valence-electron chi connectivity index (χ2n) is 16.3. The number of carbonyl (C=O) groups is 7. The number of aliphatic hydroxyl groups is 1. The van der Waals surface area contributed by atoms with Crippen molar-refractivity contribution in [2.24, 2.45) is 28.1 Å². The van der Waals surface area contributed by atoms with E-state index in [-0.39, 0.29) is 44.6 Å². The molecule has 0 amide bonds. The quantitative estimate of drug-likeness (QED) is 0.0486. The lowest BCUT2D eigenvalue weighted by Crippen LogP contribution is -2.46. The first-order valence-corrected chi connectivity index (χ1v) is 20.2. The van der Waals surface area contributed by atoms with Crippen molar-refractivity contribution in [3.05, 3.63) is 73.4 Å². The van der Waals surface area contributed by atoms with Crippen molar-refractivity contribution in [3.8, 4) is 0 Å². The fourth-order valence-electron chi connectivity index (χ4n) is 7.42. The van der Waals surface area contributed by atoms with Gasteiger partial charge in [0.2, 0.25) is 0 Å². The van der Waals surface area contributed by atoms with Crippen LogP contribution in [0.4, 0.5) is 0 Å². The first kappa shape index (κ1) is 50.8. The molecule has 1 aromatic rings. The Balaban J connectivity index is 2.48. The van der Waals surface area contributed by atoms with Crippen LogP contribution in [0.3, 0.4) is 0 Å². The molecule has 2 N–H and O–H groups in total. The Kier molecular flexibility index (Phi) is 20.4. The van der Waals surface area contributed by atoms with Crippen molar-refractivity contribution >= 4 is 41.8 Å². The van der Waals surface area contributed by atoms with Crippen molar-refractivity contribution in [3.63, 3.8) is 0 Å². The Hall–Kier alpha value is -5.31. The van der Waals surface area contributed by atoms with Crippen molar-refractivity contribution in [2.75, 3.05) is 33.0 Å². The van der Waals surface area contributed by atoms with E-state index in [9.17, 15) is 43.8 Å². The minimum absolute atomic E-state index is 0.0999. The second-order valence-corrected chi connectivity index (χ2v) is 16.3. The van der Waals surface area contributed by atoms with Gasteiger partial charge in [0.05, 0.1) is 34.7 Å². The Morgan fingerprint density at radius 2 is 1.27 bits per heavy atom. The lowest BCUT2D eigenvalue weighted by atomic mass is 9.63. The monoisotopic (exact) mass is 842 g/mol. The van der Waals surface area contributed by atoms with Crippen molar-refractivity contribution in [2.45, 2.75) is 105 Å². The molecule has 7 unspecified atom stereocenters. The number of rotatable bonds is 26. The molecule has 1 aliphatic rings. The number of aliphatic hydroxyl groups excluding tert-OH is 1. The Morgan fingerprint density at radius 1 is 0.733 bits per heavy atom. The molecule has 7 atom stereocenters. The maximum Gasteiger partial charge on any atom is 0.330 e. The third-order valence-corrected chi connectivity index (χ3v) is 10.4. The van der Waals surface area contributed by atoms with E-state index >= 15 is 0 Å². The van der Waals surface area contributed by atoms with Crippen molar-refractivity contribution in [1.82, 2.24) is 0 Å². The molecule has 0 heterocycles. The average molecular weight is 843 g/mol. The zero-order valence-corrected chi connectivity index (χ0v) is 35.7. The van der Waals surface area contributed by atoms with Crippen molar-refractivity contribution in [1.29, 1.82) is 0 Å². The largest absolute Gasteiger partial charge is 0.481 e. The highest BCUT2D eigenvalue weighted by molar-refractivity contribution is 5.84. The molecule has 0 saturated heterocycles. The zero-order valence-electron chi connectivity index (χ0n) is 35.7. The molecule has 1 aromatic carbocycles. The highest BCUT2D eigenvalue weighted by Gasteiger charge is 2.51. The van der Waals surface area contributed by atoms with Crippen LogP contribution < -0.4 is 0 Å². The summed E-state index contributed by atoms with van der Waals surface area (Å²) in [6, 6.07) is 9.59. The normalized spacial score (nSPS) is 18.4. The van der Waals surface area contributed by atoms with E-state index in [1.165, 1.54) is 13.8 Å². The van der Waals surface area contributed by atoms with E-state index in [2.05, 4.69) is 13.2 Å². The number of benzene rings is 1. The van der Waals surface area contributed by atoms with Gasteiger partial charge in [0, 0.05) is 12.2 Å². The molecule has 2 rings (SSSR count). The van der Waals surface area contributed by atoms with Crippen molar-refractivity contribution < 1.29 is 72.2 Å². The summed E-state index contributed by atoms with van der Waals surface area (Å²) in [5.74, 6) is -8.19. The van der Waals surface area contributed by atoms with Crippen LogP contribution in [0.5, 0.6) is 0 Å². The molecule has 0 fully saturated rings. The third kappa shape index (κ3) is 15.7. The van der Waals surface area contributed by atoms with Crippen LogP contribution in [0.25, 0.3) is 0 Å². The molecule has 0 aliphatic heterocycles. The number of carboxylic acids is 1. The zero-order chi connectivity index (χ0) is 45.1. The Morgan fingerprint density at radius 3 is 1.83 bits per heavy atom. The van der Waals surface area contributed by atoms with Gasteiger partial charge in [0.1, 0.15) is 32.5 Å². The summed E-state index contributed by atoms with van der Waals surface area (Å²) in [5, 5.41) is 20.2. The summed E-state index contributed by atoms with van der Waals surface area (Å²) < 4.78 is 32.5. The fourth-order valence-corrected chi connectivity index (χ4v) is 7.42. The van der Waals surface area contributed by atoms with Crippen LogP contribution in [-0.2, 0) is 62.0 Å². The molecule has 0 radical (unpaired) electrons. The third-order valence-electron chi connectivity index (χ3n) is 10.4. The lowest BCUT2D eigenvalue weighted by molar-refractivity contribution is -0.177. The van der Waals surface area contributed by atoms with Crippen LogP contribution in [0.15, 0.2) is 67.8 Å². The van der Waals surface area contributed by atoms with Crippen LogP contribution in [0, 0.1) is 28.1 Å². The molecule has 1 aliphatic carbocycles. The minimum atomic E-state index is -1.62. The fraction of sp³-hybridized carbons (Fsp3) is 0.578. The summed E-state index contributed by atoms with van der Waals surface area (Å²) in [4.78, 5) is 90.9. The van der Waals surface area contributed by atoms with E-state index in [4.69, 9.17) is 28.4 Å². The van der Waals surface area contributed by atoms with E-state index < -0.39 is 109 Å². The molecule has 15 heteroatoms. The number of hydrogen-bond acceptors (Lipinski definition) is 14. The number of carbonyl (C=O) groups excluding carboxylic acids is 6. The summed E-state index contributed by atoms with van der Waals surface area (Å²) in [7, 11) is 0. The maximum atomic E-state index is 14.3. The van der Waals surface area contributed by atoms with Gasteiger partial charge in [0.25, 0.3) is 0 Å². The second kappa shape index (κ2) is 24.1. The molecule has 0 saturated carbocycles. The van der Waals surface area contributed by atoms with Crippen LogP contribution in [0.1, 0.15) is 98.0 Å². The van der Waals surface area contributed by atoms with Gasteiger partial charge in [-0.1, -0.05) is 69.5 Å².